The lowest BCUT2D eigenvalue weighted by molar-refractivity contribution is 0.453. The molecular weight excluding hydrogens is 294 g/mol. The van der Waals surface area contributed by atoms with E-state index in [9.17, 15) is 5.11 Å². The number of hydrogen-bond donors (Lipinski definition) is 1. The lowest BCUT2D eigenvalue weighted by Crippen LogP contribution is -2.30. The van der Waals surface area contributed by atoms with Gasteiger partial charge in [-0.25, -0.2) is 0 Å². The molecule has 132 valence electrons. The van der Waals surface area contributed by atoms with E-state index in [0.717, 1.165) is 18.7 Å². The molecule has 0 spiro atoms. The minimum Gasteiger partial charge on any atom is -0.508 e. The fourth-order valence-corrected chi connectivity index (χ4v) is 3.54. The van der Waals surface area contributed by atoms with Crippen LogP contribution in [0.15, 0.2) is 47.7 Å². The molecule has 0 saturated heterocycles. The molecule has 0 amide bonds. The van der Waals surface area contributed by atoms with Gasteiger partial charge in [-0.2, -0.15) is 0 Å². The lowest BCUT2D eigenvalue weighted by atomic mass is 9.93. The summed E-state index contributed by atoms with van der Waals surface area (Å²) in [5.41, 5.74) is 3.76. The number of unbranched alkanes of at least 4 members (excludes halogenated alkanes) is 1. The molecule has 0 bridgehead atoms. The topological polar surface area (TPSA) is 23.5 Å². The highest BCUT2D eigenvalue weighted by Gasteiger charge is 2.21. The quantitative estimate of drug-likeness (QED) is 0.607. The SMILES string of the molecule is CCCCC(CC)CN(C1=CCC(C)C=C1C)c1cccc(O)c1. The summed E-state index contributed by atoms with van der Waals surface area (Å²) in [4.78, 5) is 2.42. The van der Waals surface area contributed by atoms with Crippen molar-refractivity contribution in [2.24, 2.45) is 11.8 Å². The molecule has 0 aromatic heterocycles. The standard InChI is InChI=1S/C22H33NO/c1-5-7-9-19(6-2)16-23(20-10-8-11-21(24)15-20)22-13-12-17(3)14-18(22)4/h8,10-11,13-15,17,19,24H,5-7,9,12,16H2,1-4H3. The highest BCUT2D eigenvalue weighted by molar-refractivity contribution is 5.59. The highest BCUT2D eigenvalue weighted by Crippen LogP contribution is 2.32. The predicted molar refractivity (Wildman–Crippen MR) is 104 cm³/mol. The van der Waals surface area contributed by atoms with E-state index in [2.05, 4.69) is 50.8 Å². The third kappa shape index (κ3) is 4.90. The van der Waals surface area contributed by atoms with Crippen molar-refractivity contribution in [2.75, 3.05) is 11.4 Å². The van der Waals surface area contributed by atoms with Crippen molar-refractivity contribution in [3.63, 3.8) is 0 Å². The van der Waals surface area contributed by atoms with Crippen LogP contribution in [0, 0.1) is 11.8 Å². The van der Waals surface area contributed by atoms with Crippen LogP contribution in [-0.2, 0) is 0 Å². The molecule has 2 unspecified atom stereocenters. The lowest BCUT2D eigenvalue weighted by Gasteiger charge is -2.34. The Hall–Kier alpha value is -1.70. The number of benzene rings is 1. The van der Waals surface area contributed by atoms with Gasteiger partial charge in [-0.1, -0.05) is 58.3 Å². The molecule has 2 atom stereocenters. The van der Waals surface area contributed by atoms with E-state index in [0.29, 0.717) is 17.6 Å². The molecule has 0 radical (unpaired) electrons. The Morgan fingerprint density at radius 3 is 2.71 bits per heavy atom. The van der Waals surface area contributed by atoms with E-state index in [4.69, 9.17) is 0 Å². The summed E-state index contributed by atoms with van der Waals surface area (Å²) in [6, 6.07) is 7.68. The van der Waals surface area contributed by atoms with E-state index in [1.165, 1.54) is 37.0 Å². The fraction of sp³-hybridized carbons (Fsp3) is 0.545. The van der Waals surface area contributed by atoms with Gasteiger partial charge >= 0.3 is 0 Å². The zero-order valence-electron chi connectivity index (χ0n) is 15.8. The number of phenols is 1. The van der Waals surface area contributed by atoms with E-state index in [1.54, 1.807) is 6.07 Å². The van der Waals surface area contributed by atoms with Crippen molar-refractivity contribution in [1.82, 2.24) is 0 Å². The maximum atomic E-state index is 9.94. The van der Waals surface area contributed by atoms with Gasteiger partial charge in [0.15, 0.2) is 0 Å². The Morgan fingerprint density at radius 2 is 2.08 bits per heavy atom. The second kappa shape index (κ2) is 8.96. The second-order valence-corrected chi connectivity index (χ2v) is 7.20. The summed E-state index contributed by atoms with van der Waals surface area (Å²) < 4.78 is 0. The molecule has 1 aromatic carbocycles. The zero-order valence-corrected chi connectivity index (χ0v) is 15.8. The first-order valence-electron chi connectivity index (χ1n) is 9.50. The van der Waals surface area contributed by atoms with Crippen LogP contribution < -0.4 is 4.90 Å². The van der Waals surface area contributed by atoms with E-state index >= 15 is 0 Å². The zero-order chi connectivity index (χ0) is 17.5. The Labute approximate surface area is 147 Å². The van der Waals surface area contributed by atoms with Crippen molar-refractivity contribution < 1.29 is 5.11 Å². The maximum absolute atomic E-state index is 9.94. The first-order valence-corrected chi connectivity index (χ1v) is 9.50. The molecule has 1 aliphatic rings. The van der Waals surface area contributed by atoms with Gasteiger partial charge in [-0.15, -0.1) is 0 Å². The van der Waals surface area contributed by atoms with Gasteiger partial charge in [0.25, 0.3) is 0 Å². The fourth-order valence-electron chi connectivity index (χ4n) is 3.54. The third-order valence-corrected chi connectivity index (χ3v) is 5.04. The normalized spacial score (nSPS) is 18.8. The van der Waals surface area contributed by atoms with E-state index in [-0.39, 0.29) is 0 Å². The summed E-state index contributed by atoms with van der Waals surface area (Å²) in [7, 11) is 0. The Morgan fingerprint density at radius 1 is 1.29 bits per heavy atom. The number of phenolic OH excluding ortho intramolecular Hbond substituents is 1. The summed E-state index contributed by atoms with van der Waals surface area (Å²) >= 11 is 0. The average Bonchev–Trinajstić information content (AvgIpc) is 2.56. The summed E-state index contributed by atoms with van der Waals surface area (Å²) in [5.74, 6) is 1.63. The molecule has 0 heterocycles. The second-order valence-electron chi connectivity index (χ2n) is 7.20. The summed E-state index contributed by atoms with van der Waals surface area (Å²) in [5, 5.41) is 9.94. The van der Waals surface area contributed by atoms with Gasteiger partial charge in [-0.3, -0.25) is 0 Å². The first-order chi connectivity index (χ1) is 11.5. The van der Waals surface area contributed by atoms with E-state index < -0.39 is 0 Å². The monoisotopic (exact) mass is 327 g/mol. The first kappa shape index (κ1) is 18.6. The van der Waals surface area contributed by atoms with Gasteiger partial charge in [-0.05, 0) is 49.3 Å². The van der Waals surface area contributed by atoms with Crippen molar-refractivity contribution in [3.8, 4) is 5.75 Å². The highest BCUT2D eigenvalue weighted by atomic mass is 16.3. The smallest absolute Gasteiger partial charge is 0.117 e. The van der Waals surface area contributed by atoms with Crippen LogP contribution in [0.3, 0.4) is 0 Å². The van der Waals surface area contributed by atoms with Crippen LogP contribution in [0.1, 0.15) is 59.8 Å². The predicted octanol–water partition coefficient (Wildman–Crippen LogP) is 6.29. The number of aromatic hydroxyl groups is 1. The molecule has 0 saturated carbocycles. The van der Waals surface area contributed by atoms with Crippen LogP contribution >= 0.6 is 0 Å². The van der Waals surface area contributed by atoms with Gasteiger partial charge in [0.2, 0.25) is 0 Å². The number of nitrogens with zero attached hydrogens (tertiary/aromatic N) is 1. The molecule has 1 N–H and O–H groups in total. The van der Waals surface area contributed by atoms with Gasteiger partial charge in [0.05, 0.1) is 0 Å². The van der Waals surface area contributed by atoms with Gasteiger partial charge < -0.3 is 10.0 Å². The third-order valence-electron chi connectivity index (χ3n) is 5.04. The summed E-state index contributed by atoms with van der Waals surface area (Å²) in [6.07, 6.45) is 10.8. The molecule has 2 nitrogen and oxygen atoms in total. The Kier molecular flexibility index (Phi) is 6.96. The Balaban J connectivity index is 2.30. The molecule has 1 aliphatic carbocycles. The average molecular weight is 328 g/mol. The number of hydrogen-bond acceptors (Lipinski definition) is 2. The molecule has 0 fully saturated rings. The van der Waals surface area contributed by atoms with Crippen LogP contribution in [-0.4, -0.2) is 11.7 Å². The molecule has 0 aliphatic heterocycles. The molecule has 2 heteroatoms. The van der Waals surface area contributed by atoms with Crippen LogP contribution in [0.5, 0.6) is 5.75 Å². The van der Waals surface area contributed by atoms with Crippen molar-refractivity contribution in [3.05, 3.63) is 47.7 Å². The van der Waals surface area contributed by atoms with Crippen molar-refractivity contribution in [1.29, 1.82) is 0 Å². The van der Waals surface area contributed by atoms with Gasteiger partial charge in [0, 0.05) is 24.0 Å². The number of anilines is 1. The van der Waals surface area contributed by atoms with Crippen LogP contribution in [0.2, 0.25) is 0 Å². The minimum absolute atomic E-state index is 0.338. The molecule has 24 heavy (non-hydrogen) atoms. The van der Waals surface area contributed by atoms with Gasteiger partial charge in [0.1, 0.15) is 5.75 Å². The van der Waals surface area contributed by atoms with Crippen LogP contribution in [0.4, 0.5) is 5.69 Å². The molecule has 1 aromatic rings. The number of rotatable bonds is 8. The number of allylic oxidation sites excluding steroid dienone is 3. The molecular formula is C22H33NO. The van der Waals surface area contributed by atoms with Crippen molar-refractivity contribution in [2.45, 2.75) is 59.8 Å². The largest absolute Gasteiger partial charge is 0.508 e. The maximum Gasteiger partial charge on any atom is 0.117 e. The summed E-state index contributed by atoms with van der Waals surface area (Å²) in [6.45, 7) is 10.1. The minimum atomic E-state index is 0.338. The van der Waals surface area contributed by atoms with Crippen LogP contribution in [0.25, 0.3) is 0 Å². The molecule has 2 rings (SSSR count). The van der Waals surface area contributed by atoms with Crippen molar-refractivity contribution >= 4 is 5.69 Å². The van der Waals surface area contributed by atoms with E-state index in [1.807, 2.05) is 12.1 Å². The Bertz CT molecular complexity index is 587.